The number of imide groups is 1. The molecule has 164 valence electrons. The third-order valence-electron chi connectivity index (χ3n) is 5.99. The highest BCUT2D eigenvalue weighted by molar-refractivity contribution is 5.98. The molecule has 2 fully saturated rings. The maximum atomic E-state index is 13.2. The molecule has 1 saturated heterocycles. The van der Waals surface area contributed by atoms with E-state index in [2.05, 4.69) is 10.6 Å². The molecule has 0 bridgehead atoms. The van der Waals surface area contributed by atoms with Crippen molar-refractivity contribution in [1.29, 1.82) is 0 Å². The van der Waals surface area contributed by atoms with Gasteiger partial charge in [-0.1, -0.05) is 30.3 Å². The Morgan fingerprint density at radius 2 is 1.74 bits per heavy atom. The van der Waals surface area contributed by atoms with E-state index in [4.69, 9.17) is 11.5 Å². The molecule has 1 heterocycles. The zero-order chi connectivity index (χ0) is 22.0. The van der Waals surface area contributed by atoms with Gasteiger partial charge in [-0.15, -0.1) is 0 Å². The van der Waals surface area contributed by atoms with Crippen LogP contribution in [0, 0.1) is 11.8 Å². The highest BCUT2D eigenvalue weighted by atomic mass is 16.2. The van der Waals surface area contributed by atoms with Crippen molar-refractivity contribution in [3.8, 4) is 0 Å². The lowest BCUT2D eigenvalue weighted by Crippen LogP contribution is -2.69. The van der Waals surface area contributed by atoms with Gasteiger partial charge in [0.15, 0.2) is 0 Å². The van der Waals surface area contributed by atoms with E-state index in [1.165, 1.54) is 11.9 Å². The molecule has 8 nitrogen and oxygen atoms in total. The first-order valence-corrected chi connectivity index (χ1v) is 10.7. The SMILES string of the molecule is CN1C(=O)C(C(NCc2ccc(N)cc2)Nc2ccccc2)C(N)N(CC2CC2)C1=O. The minimum Gasteiger partial charge on any atom is -0.399 e. The fourth-order valence-electron chi connectivity index (χ4n) is 3.94. The number of carbonyl (C=O) groups is 2. The van der Waals surface area contributed by atoms with Crippen molar-refractivity contribution in [3.05, 3.63) is 60.2 Å². The minimum atomic E-state index is -0.711. The molecule has 4 rings (SSSR count). The molecule has 2 aromatic rings. The molecule has 6 N–H and O–H groups in total. The molecular weight excluding hydrogens is 392 g/mol. The number of rotatable bonds is 8. The fourth-order valence-corrected chi connectivity index (χ4v) is 3.94. The Hall–Kier alpha value is -3.10. The number of amides is 3. The average molecular weight is 423 g/mol. The van der Waals surface area contributed by atoms with Crippen LogP contribution in [0.25, 0.3) is 0 Å². The zero-order valence-corrected chi connectivity index (χ0v) is 17.7. The number of benzene rings is 2. The second-order valence-corrected chi connectivity index (χ2v) is 8.40. The molecule has 3 atom stereocenters. The van der Waals surface area contributed by atoms with Crippen molar-refractivity contribution in [2.24, 2.45) is 17.6 Å². The Morgan fingerprint density at radius 3 is 2.39 bits per heavy atom. The number of carbonyl (C=O) groups excluding carboxylic acids is 2. The van der Waals surface area contributed by atoms with Crippen molar-refractivity contribution in [3.63, 3.8) is 0 Å². The number of nitrogens with one attached hydrogen (secondary N) is 2. The summed E-state index contributed by atoms with van der Waals surface area (Å²) < 4.78 is 0. The van der Waals surface area contributed by atoms with Crippen LogP contribution in [0.15, 0.2) is 54.6 Å². The lowest BCUT2D eigenvalue weighted by molar-refractivity contribution is -0.138. The monoisotopic (exact) mass is 422 g/mol. The molecule has 0 radical (unpaired) electrons. The van der Waals surface area contributed by atoms with Crippen LogP contribution in [0.2, 0.25) is 0 Å². The van der Waals surface area contributed by atoms with Crippen LogP contribution in [0.3, 0.4) is 0 Å². The topological polar surface area (TPSA) is 117 Å². The van der Waals surface area contributed by atoms with E-state index < -0.39 is 18.2 Å². The summed E-state index contributed by atoms with van der Waals surface area (Å²) in [6.07, 6.45) is 1.01. The predicted octanol–water partition coefficient (Wildman–Crippen LogP) is 2.00. The molecule has 8 heteroatoms. The van der Waals surface area contributed by atoms with Gasteiger partial charge in [0.25, 0.3) is 0 Å². The third-order valence-corrected chi connectivity index (χ3v) is 5.99. The van der Waals surface area contributed by atoms with Crippen molar-refractivity contribution in [2.75, 3.05) is 24.6 Å². The number of urea groups is 1. The van der Waals surface area contributed by atoms with Crippen LogP contribution in [0.5, 0.6) is 0 Å². The number of hydrogen-bond donors (Lipinski definition) is 4. The van der Waals surface area contributed by atoms with Gasteiger partial charge in [-0.2, -0.15) is 0 Å². The van der Waals surface area contributed by atoms with Gasteiger partial charge >= 0.3 is 6.03 Å². The van der Waals surface area contributed by atoms with E-state index in [0.717, 1.165) is 24.1 Å². The summed E-state index contributed by atoms with van der Waals surface area (Å²) in [5.41, 5.74) is 14.9. The highest BCUT2D eigenvalue weighted by Gasteiger charge is 2.48. The van der Waals surface area contributed by atoms with E-state index in [1.807, 2.05) is 54.6 Å². The Morgan fingerprint density at radius 1 is 1.06 bits per heavy atom. The van der Waals surface area contributed by atoms with Gasteiger partial charge in [0.1, 0.15) is 5.92 Å². The van der Waals surface area contributed by atoms with E-state index >= 15 is 0 Å². The van der Waals surface area contributed by atoms with Gasteiger partial charge in [0.2, 0.25) is 5.91 Å². The van der Waals surface area contributed by atoms with Crippen molar-refractivity contribution in [2.45, 2.75) is 31.7 Å². The summed E-state index contributed by atoms with van der Waals surface area (Å²) in [7, 11) is 1.53. The number of hydrogen-bond acceptors (Lipinski definition) is 6. The summed E-state index contributed by atoms with van der Waals surface area (Å²) in [5, 5.41) is 6.86. The lowest BCUT2D eigenvalue weighted by Gasteiger charge is -2.45. The van der Waals surface area contributed by atoms with Crippen molar-refractivity contribution < 1.29 is 9.59 Å². The normalized spacial score (nSPS) is 22.5. The smallest absolute Gasteiger partial charge is 0.327 e. The molecule has 1 aliphatic heterocycles. The van der Waals surface area contributed by atoms with Gasteiger partial charge in [-0.3, -0.25) is 15.0 Å². The maximum Gasteiger partial charge on any atom is 0.327 e. The quantitative estimate of drug-likeness (QED) is 0.382. The van der Waals surface area contributed by atoms with Crippen LogP contribution in [-0.4, -0.2) is 47.7 Å². The number of nitrogens with zero attached hydrogens (tertiary/aromatic N) is 2. The van der Waals surface area contributed by atoms with Gasteiger partial charge in [-0.25, -0.2) is 4.79 Å². The lowest BCUT2D eigenvalue weighted by atomic mass is 9.96. The number of nitrogens with two attached hydrogens (primary N) is 2. The fraction of sp³-hybridized carbons (Fsp3) is 0.391. The minimum absolute atomic E-state index is 0.289. The molecule has 2 aromatic carbocycles. The average Bonchev–Trinajstić information content (AvgIpc) is 3.60. The summed E-state index contributed by atoms with van der Waals surface area (Å²) in [6.45, 7) is 1.10. The number of nitrogen functional groups attached to an aromatic ring is 1. The van der Waals surface area contributed by atoms with Crippen molar-refractivity contribution in [1.82, 2.24) is 15.1 Å². The summed E-state index contributed by atoms with van der Waals surface area (Å²) >= 11 is 0. The molecule has 3 unspecified atom stereocenters. The summed E-state index contributed by atoms with van der Waals surface area (Å²) in [4.78, 5) is 28.8. The summed E-state index contributed by atoms with van der Waals surface area (Å²) in [6, 6.07) is 16.9. The standard InChI is InChI=1S/C23H30N6O2/c1-28-22(30)19(20(25)29(23(28)31)14-16-7-8-16)21(27-18-5-3-2-4-6-18)26-13-15-9-11-17(24)12-10-15/h2-6,9-12,16,19-21,26-27H,7-8,13-14,24-25H2,1H3. The highest BCUT2D eigenvalue weighted by Crippen LogP contribution is 2.33. The van der Waals surface area contributed by atoms with Crippen molar-refractivity contribution >= 4 is 23.3 Å². The van der Waals surface area contributed by atoms with Crippen LogP contribution in [-0.2, 0) is 11.3 Å². The Labute approximate surface area is 182 Å². The number of para-hydroxylation sites is 1. The van der Waals surface area contributed by atoms with E-state index in [9.17, 15) is 9.59 Å². The first kappa shape index (κ1) is 21.1. The van der Waals surface area contributed by atoms with Gasteiger partial charge in [0.05, 0.1) is 12.3 Å². The number of anilines is 2. The van der Waals surface area contributed by atoms with Crippen LogP contribution < -0.4 is 22.1 Å². The van der Waals surface area contributed by atoms with Gasteiger partial charge in [0, 0.05) is 31.5 Å². The Bertz CT molecular complexity index is 915. The molecular formula is C23H30N6O2. The first-order valence-electron chi connectivity index (χ1n) is 10.7. The first-order chi connectivity index (χ1) is 14.9. The van der Waals surface area contributed by atoms with Crippen LogP contribution >= 0.6 is 0 Å². The Kier molecular flexibility index (Phi) is 6.11. The van der Waals surface area contributed by atoms with E-state index in [0.29, 0.717) is 24.7 Å². The van der Waals surface area contributed by atoms with Gasteiger partial charge < -0.3 is 21.7 Å². The Balaban J connectivity index is 1.58. The molecule has 31 heavy (non-hydrogen) atoms. The third kappa shape index (κ3) is 4.81. The van der Waals surface area contributed by atoms with Crippen LogP contribution in [0.4, 0.5) is 16.2 Å². The van der Waals surface area contributed by atoms with E-state index in [1.54, 1.807) is 4.90 Å². The predicted molar refractivity (Wildman–Crippen MR) is 121 cm³/mol. The molecule has 3 amide bonds. The zero-order valence-electron chi connectivity index (χ0n) is 17.7. The maximum absolute atomic E-state index is 13.2. The molecule has 1 saturated carbocycles. The van der Waals surface area contributed by atoms with Crippen LogP contribution in [0.1, 0.15) is 18.4 Å². The summed E-state index contributed by atoms with van der Waals surface area (Å²) in [5.74, 6) is -0.459. The second-order valence-electron chi connectivity index (χ2n) is 8.40. The second kappa shape index (κ2) is 8.95. The molecule has 0 aromatic heterocycles. The molecule has 0 spiro atoms. The molecule has 2 aliphatic rings. The van der Waals surface area contributed by atoms with E-state index in [-0.39, 0.29) is 11.9 Å². The largest absolute Gasteiger partial charge is 0.399 e. The van der Waals surface area contributed by atoms with Gasteiger partial charge in [-0.05, 0) is 48.6 Å². The molecule has 1 aliphatic carbocycles.